The summed E-state index contributed by atoms with van der Waals surface area (Å²) >= 11 is 0. The Bertz CT molecular complexity index is 1160. The summed E-state index contributed by atoms with van der Waals surface area (Å²) in [4.78, 5) is 20.6. The second-order valence-electron chi connectivity index (χ2n) is 9.61. The molecule has 0 saturated carbocycles. The molecule has 1 heterocycles. The molecule has 0 aliphatic rings. The van der Waals surface area contributed by atoms with Crippen molar-refractivity contribution in [3.05, 3.63) is 54.4 Å². The minimum absolute atomic E-state index is 0. The second-order valence-corrected chi connectivity index (χ2v) is 9.61. The molecule has 207 valence electrons. The van der Waals surface area contributed by atoms with Crippen LogP contribution in [-0.4, -0.2) is 27.6 Å². The largest absolute Gasteiger partial charge is 0.396 e. The molecule has 1 aromatic heterocycles. The molecule has 1 radical (unpaired) electrons. The number of aliphatic hydroxyl groups is 1. The van der Waals surface area contributed by atoms with Crippen LogP contribution >= 0.6 is 0 Å². The van der Waals surface area contributed by atoms with Gasteiger partial charge in [0.25, 0.3) is 5.91 Å². The smallest absolute Gasteiger partial charge is 0.298 e. The number of amides is 1. The molecule has 3 aromatic rings. The van der Waals surface area contributed by atoms with E-state index in [9.17, 15) is 4.79 Å². The van der Waals surface area contributed by atoms with Gasteiger partial charge in [0.2, 0.25) is 0 Å². The van der Waals surface area contributed by atoms with Crippen LogP contribution in [0.4, 0.5) is 17.2 Å². The van der Waals surface area contributed by atoms with Crippen molar-refractivity contribution >= 4 is 34.0 Å². The Labute approximate surface area is 260 Å². The van der Waals surface area contributed by atoms with Gasteiger partial charge in [-0.25, -0.2) is 0 Å². The molecule has 0 unspecified atom stereocenters. The third-order valence-corrected chi connectivity index (χ3v) is 6.00. The van der Waals surface area contributed by atoms with E-state index in [4.69, 9.17) is 5.11 Å². The number of hydrogen-bond donors (Lipinski definition) is 3. The van der Waals surface area contributed by atoms with Crippen molar-refractivity contribution in [1.29, 1.82) is 0 Å². The van der Waals surface area contributed by atoms with Gasteiger partial charge in [0.15, 0.2) is 0 Å². The number of rotatable bonds is 12. The van der Waals surface area contributed by atoms with E-state index in [1.807, 2.05) is 12.1 Å². The maximum atomic E-state index is 12.0. The molecule has 0 aliphatic heterocycles. The minimum atomic E-state index is -0.422. The molecule has 39 heavy (non-hydrogen) atoms. The first-order valence-corrected chi connectivity index (χ1v) is 13.9. The van der Waals surface area contributed by atoms with Crippen molar-refractivity contribution in [3.63, 3.8) is 0 Å². The summed E-state index contributed by atoms with van der Waals surface area (Å²) in [5.74, 6) is 5.89. The van der Waals surface area contributed by atoms with Crippen molar-refractivity contribution in [2.45, 2.75) is 91.4 Å². The fourth-order valence-electron chi connectivity index (χ4n) is 3.74. The van der Waals surface area contributed by atoms with E-state index in [-0.39, 0.29) is 39.3 Å². The van der Waals surface area contributed by atoms with E-state index in [1.165, 1.54) is 56.8 Å². The minimum Gasteiger partial charge on any atom is -0.396 e. The Morgan fingerprint density at radius 1 is 0.949 bits per heavy atom. The van der Waals surface area contributed by atoms with Crippen LogP contribution < -0.4 is 10.6 Å². The molecule has 0 fully saturated rings. The third-order valence-electron chi connectivity index (χ3n) is 6.00. The molecule has 0 aliphatic carbocycles. The van der Waals surface area contributed by atoms with Crippen LogP contribution in [0.15, 0.2) is 42.7 Å². The Morgan fingerprint density at radius 2 is 1.62 bits per heavy atom. The van der Waals surface area contributed by atoms with Crippen LogP contribution in [0, 0.1) is 17.9 Å². The SMILES string of the molecule is CC(C)c1ccc(Nc2ncnc3ccc(NC(=O)C#CCCCO)[c-]c23)cc1.CCCCCCCCC.[Y]. The van der Waals surface area contributed by atoms with Crippen molar-refractivity contribution in [3.8, 4) is 11.8 Å². The number of hydrogen-bond acceptors (Lipinski definition) is 5. The summed E-state index contributed by atoms with van der Waals surface area (Å²) in [6, 6.07) is 14.9. The van der Waals surface area contributed by atoms with E-state index in [0.29, 0.717) is 41.2 Å². The number of nitrogens with zero attached hydrogens (tertiary/aromatic N) is 2. The van der Waals surface area contributed by atoms with Gasteiger partial charge >= 0.3 is 0 Å². The monoisotopic (exact) mass is 604 g/mol. The number of carbonyl (C=O) groups excluding carboxylic acids is 1. The summed E-state index contributed by atoms with van der Waals surface area (Å²) in [6.07, 6.45) is 12.5. The first kappa shape index (κ1) is 34.7. The van der Waals surface area contributed by atoms with E-state index < -0.39 is 5.91 Å². The second kappa shape index (κ2) is 20.6. The molecule has 7 heteroatoms. The number of unbranched alkanes of at least 4 members (excludes halogenated alkanes) is 7. The number of fused-ring (bicyclic) bond motifs is 1. The van der Waals surface area contributed by atoms with Gasteiger partial charge in [-0.15, -0.1) is 18.2 Å². The predicted molar refractivity (Wildman–Crippen MR) is 159 cm³/mol. The first-order valence-electron chi connectivity index (χ1n) is 13.9. The zero-order valence-electron chi connectivity index (χ0n) is 24.0. The van der Waals surface area contributed by atoms with Gasteiger partial charge in [0.05, 0.1) is 12.1 Å². The Kier molecular flexibility index (Phi) is 18.3. The average Bonchev–Trinajstić information content (AvgIpc) is 2.92. The summed E-state index contributed by atoms with van der Waals surface area (Å²) in [6.45, 7) is 8.90. The normalized spacial score (nSPS) is 10.1. The fourth-order valence-corrected chi connectivity index (χ4v) is 3.74. The molecule has 0 atom stereocenters. The summed E-state index contributed by atoms with van der Waals surface area (Å²) in [7, 11) is 0. The predicted octanol–water partition coefficient (Wildman–Crippen LogP) is 7.77. The third kappa shape index (κ3) is 13.5. The zero-order chi connectivity index (χ0) is 27.6. The number of anilines is 3. The van der Waals surface area contributed by atoms with Gasteiger partial charge in [0.1, 0.15) is 0 Å². The number of aliphatic hydroxyl groups excluding tert-OH is 1. The quantitative estimate of drug-likeness (QED) is 0.112. The van der Waals surface area contributed by atoms with Gasteiger partial charge in [-0.1, -0.05) is 96.1 Å². The maximum absolute atomic E-state index is 12.0. The van der Waals surface area contributed by atoms with Crippen LogP contribution in [0.2, 0.25) is 0 Å². The number of carbonyl (C=O) groups is 1. The molecule has 6 nitrogen and oxygen atoms in total. The molecular weight excluding hydrogens is 561 g/mol. The standard InChI is InChI=1S/C23H23N4O2.C9H20.Y/c1-16(2)17-7-9-18(10-8-17)27-23-20-14-19(11-12-21(20)24-15-25-23)26-22(29)6-4-3-5-13-28;1-3-5-7-9-8-6-4-2;/h7-12,15-16,28H,3,5,13H2,1-2H3,(H,26,29)(H,24,25,27);3-9H2,1-2H3;/q-1;;. The van der Waals surface area contributed by atoms with E-state index in [2.05, 4.69) is 78.3 Å². The number of benzene rings is 2. The molecular formula is C32H43N4O2Y-. The average molecular weight is 605 g/mol. The van der Waals surface area contributed by atoms with Crippen molar-refractivity contribution in [2.24, 2.45) is 0 Å². The van der Waals surface area contributed by atoms with Crippen molar-refractivity contribution < 1.29 is 42.6 Å². The number of nitrogens with one attached hydrogen (secondary N) is 2. The molecule has 2 aromatic carbocycles. The van der Waals surface area contributed by atoms with Crippen molar-refractivity contribution in [2.75, 3.05) is 17.2 Å². The fraction of sp³-hybridized carbons (Fsp3) is 0.469. The topological polar surface area (TPSA) is 87.1 Å². The number of aromatic nitrogens is 2. The Morgan fingerprint density at radius 3 is 2.23 bits per heavy atom. The summed E-state index contributed by atoms with van der Waals surface area (Å²) in [5, 5.41) is 15.4. The van der Waals surface area contributed by atoms with Crippen LogP contribution in [0.1, 0.15) is 97.0 Å². The molecule has 0 spiro atoms. The Balaban J connectivity index is 0.000000656. The van der Waals surface area contributed by atoms with E-state index in [1.54, 1.807) is 12.1 Å². The van der Waals surface area contributed by atoms with Crippen molar-refractivity contribution in [1.82, 2.24) is 9.97 Å². The Hall–Kier alpha value is -2.33. The van der Waals surface area contributed by atoms with Gasteiger partial charge in [0, 0.05) is 51.4 Å². The molecule has 3 N–H and O–H groups in total. The van der Waals surface area contributed by atoms with Crippen LogP contribution in [-0.2, 0) is 37.5 Å². The van der Waals surface area contributed by atoms with Gasteiger partial charge in [-0.2, -0.15) is 0 Å². The van der Waals surface area contributed by atoms with E-state index >= 15 is 0 Å². The van der Waals surface area contributed by atoms with Gasteiger partial charge in [-0.05, 0) is 47.2 Å². The summed E-state index contributed by atoms with van der Waals surface area (Å²) < 4.78 is 0. The maximum Gasteiger partial charge on any atom is 0.298 e. The molecule has 3 rings (SSSR count). The van der Waals surface area contributed by atoms with E-state index in [0.717, 1.165) is 5.69 Å². The first-order chi connectivity index (χ1) is 18.5. The molecule has 1 amide bonds. The van der Waals surface area contributed by atoms with Crippen LogP contribution in [0.25, 0.3) is 10.9 Å². The molecule has 0 bridgehead atoms. The van der Waals surface area contributed by atoms with Crippen LogP contribution in [0.5, 0.6) is 0 Å². The summed E-state index contributed by atoms with van der Waals surface area (Å²) in [5.41, 5.74) is 3.38. The van der Waals surface area contributed by atoms with Gasteiger partial charge in [-0.3, -0.25) is 14.8 Å². The van der Waals surface area contributed by atoms with Gasteiger partial charge < -0.3 is 15.7 Å². The molecule has 0 saturated heterocycles. The zero-order valence-corrected chi connectivity index (χ0v) is 26.9. The van der Waals surface area contributed by atoms with Crippen LogP contribution in [0.3, 0.4) is 0 Å².